The maximum absolute atomic E-state index is 4.71. The molecule has 0 spiro atoms. The fraction of sp³-hybridized carbons (Fsp3) is 0.750. The quantitative estimate of drug-likeness (QED) is 0.644. The van der Waals surface area contributed by atoms with Gasteiger partial charge in [0, 0.05) is 30.9 Å². The van der Waals surface area contributed by atoms with Gasteiger partial charge in [-0.1, -0.05) is 34.1 Å². The SMILES string of the molecule is CCCCN(C)C(=NCc1nc(C(C)(C)C)cs1)NCC. The molecule has 120 valence electrons. The summed E-state index contributed by atoms with van der Waals surface area (Å²) in [6.07, 6.45) is 2.39. The minimum atomic E-state index is 0.112. The second kappa shape index (κ2) is 8.37. The Morgan fingerprint density at radius 1 is 1.38 bits per heavy atom. The van der Waals surface area contributed by atoms with E-state index in [4.69, 9.17) is 9.98 Å². The summed E-state index contributed by atoms with van der Waals surface area (Å²) < 4.78 is 0. The van der Waals surface area contributed by atoms with Crippen LogP contribution in [0.1, 0.15) is 58.2 Å². The lowest BCUT2D eigenvalue weighted by Gasteiger charge is -2.21. The Labute approximate surface area is 133 Å². The van der Waals surface area contributed by atoms with Gasteiger partial charge in [0.1, 0.15) is 5.01 Å². The number of hydrogen-bond acceptors (Lipinski definition) is 3. The first-order valence-corrected chi connectivity index (χ1v) is 8.70. The number of unbranched alkanes of at least 4 members (excludes halogenated alkanes) is 1. The van der Waals surface area contributed by atoms with E-state index in [1.54, 1.807) is 11.3 Å². The van der Waals surface area contributed by atoms with Crippen LogP contribution >= 0.6 is 11.3 Å². The number of thiazole rings is 1. The third kappa shape index (κ3) is 6.04. The molecular weight excluding hydrogens is 280 g/mol. The first-order chi connectivity index (χ1) is 9.88. The second-order valence-electron chi connectivity index (χ2n) is 6.32. The van der Waals surface area contributed by atoms with E-state index in [0.29, 0.717) is 6.54 Å². The largest absolute Gasteiger partial charge is 0.357 e. The van der Waals surface area contributed by atoms with Crippen LogP contribution in [0.25, 0.3) is 0 Å². The van der Waals surface area contributed by atoms with E-state index in [1.165, 1.54) is 12.8 Å². The molecule has 0 bridgehead atoms. The van der Waals surface area contributed by atoms with Gasteiger partial charge in [0.25, 0.3) is 0 Å². The topological polar surface area (TPSA) is 40.5 Å². The van der Waals surface area contributed by atoms with Gasteiger partial charge in [-0.15, -0.1) is 11.3 Å². The van der Waals surface area contributed by atoms with Gasteiger partial charge in [-0.05, 0) is 13.3 Å². The van der Waals surface area contributed by atoms with Crippen LogP contribution in [0.4, 0.5) is 0 Å². The van der Waals surface area contributed by atoms with Crippen LogP contribution in [-0.2, 0) is 12.0 Å². The lowest BCUT2D eigenvalue weighted by Crippen LogP contribution is -2.39. The van der Waals surface area contributed by atoms with Gasteiger partial charge < -0.3 is 10.2 Å². The van der Waals surface area contributed by atoms with Crippen molar-refractivity contribution in [3.05, 3.63) is 16.1 Å². The summed E-state index contributed by atoms with van der Waals surface area (Å²) in [5.41, 5.74) is 1.27. The van der Waals surface area contributed by atoms with E-state index >= 15 is 0 Å². The molecule has 1 aromatic heterocycles. The van der Waals surface area contributed by atoms with Gasteiger partial charge in [0.15, 0.2) is 5.96 Å². The molecule has 0 amide bonds. The number of hydrogen-bond donors (Lipinski definition) is 1. The van der Waals surface area contributed by atoms with Gasteiger partial charge in [0.2, 0.25) is 0 Å². The molecule has 0 aromatic carbocycles. The van der Waals surface area contributed by atoms with Crippen molar-refractivity contribution in [2.45, 2.75) is 59.4 Å². The molecule has 1 heterocycles. The number of aliphatic imine (C=N–C) groups is 1. The zero-order valence-corrected chi connectivity index (χ0v) is 15.2. The lowest BCUT2D eigenvalue weighted by atomic mass is 9.93. The Hall–Kier alpha value is -1.10. The fourth-order valence-electron chi connectivity index (χ4n) is 1.84. The Bertz CT molecular complexity index is 445. The van der Waals surface area contributed by atoms with Crippen molar-refractivity contribution >= 4 is 17.3 Å². The van der Waals surface area contributed by atoms with Crippen molar-refractivity contribution in [2.75, 3.05) is 20.1 Å². The average molecular weight is 311 g/mol. The standard InChI is InChI=1S/C16H30N4S/c1-7-9-10-20(6)15(17-8-2)18-11-14-19-13(12-21-14)16(3,4)5/h12H,7-11H2,1-6H3,(H,17,18). The molecule has 0 saturated carbocycles. The van der Waals surface area contributed by atoms with Crippen LogP contribution in [-0.4, -0.2) is 36.0 Å². The highest BCUT2D eigenvalue weighted by Gasteiger charge is 2.17. The molecule has 1 N–H and O–H groups in total. The molecule has 0 radical (unpaired) electrons. The van der Waals surface area contributed by atoms with Crippen LogP contribution in [0, 0.1) is 0 Å². The van der Waals surface area contributed by atoms with Crippen molar-refractivity contribution in [3.63, 3.8) is 0 Å². The van der Waals surface area contributed by atoms with E-state index in [2.05, 4.69) is 57.3 Å². The highest BCUT2D eigenvalue weighted by atomic mass is 32.1. The number of aromatic nitrogens is 1. The summed E-state index contributed by atoms with van der Waals surface area (Å²) in [4.78, 5) is 11.6. The fourth-order valence-corrected chi connectivity index (χ4v) is 2.79. The summed E-state index contributed by atoms with van der Waals surface area (Å²) in [5.74, 6) is 0.971. The number of rotatable bonds is 6. The van der Waals surface area contributed by atoms with Crippen LogP contribution in [0.5, 0.6) is 0 Å². The molecule has 5 heteroatoms. The third-order valence-corrected chi connectivity index (χ3v) is 4.06. The molecule has 1 rings (SSSR count). The maximum atomic E-state index is 4.71. The molecule has 0 aliphatic rings. The number of nitrogens with one attached hydrogen (secondary N) is 1. The van der Waals surface area contributed by atoms with E-state index in [9.17, 15) is 0 Å². The summed E-state index contributed by atoms with van der Waals surface area (Å²) in [6.45, 7) is 13.5. The smallest absolute Gasteiger partial charge is 0.194 e. The van der Waals surface area contributed by atoms with Crippen LogP contribution in [0.3, 0.4) is 0 Å². The Morgan fingerprint density at radius 2 is 2.10 bits per heavy atom. The highest BCUT2D eigenvalue weighted by Crippen LogP contribution is 2.24. The van der Waals surface area contributed by atoms with Crippen molar-refractivity contribution in [1.29, 1.82) is 0 Å². The number of guanidine groups is 1. The summed E-state index contributed by atoms with van der Waals surface area (Å²) >= 11 is 1.70. The monoisotopic (exact) mass is 310 g/mol. The predicted molar refractivity (Wildman–Crippen MR) is 93.2 cm³/mol. The van der Waals surface area contributed by atoms with Gasteiger partial charge in [-0.2, -0.15) is 0 Å². The molecule has 0 aliphatic heterocycles. The summed E-state index contributed by atoms with van der Waals surface area (Å²) in [6, 6.07) is 0. The van der Waals surface area contributed by atoms with Crippen LogP contribution in [0.15, 0.2) is 10.4 Å². The van der Waals surface area contributed by atoms with E-state index in [-0.39, 0.29) is 5.41 Å². The minimum Gasteiger partial charge on any atom is -0.357 e. The Kier molecular flexibility index (Phi) is 7.15. The summed E-state index contributed by atoms with van der Waals surface area (Å²) in [7, 11) is 2.10. The first-order valence-electron chi connectivity index (χ1n) is 7.82. The molecule has 0 fully saturated rings. The van der Waals surface area contributed by atoms with E-state index in [0.717, 1.165) is 29.8 Å². The number of nitrogens with zero attached hydrogens (tertiary/aromatic N) is 3. The zero-order valence-electron chi connectivity index (χ0n) is 14.4. The normalized spacial score (nSPS) is 12.6. The van der Waals surface area contributed by atoms with Crippen LogP contribution in [0.2, 0.25) is 0 Å². The van der Waals surface area contributed by atoms with Gasteiger partial charge in [0.05, 0.1) is 12.2 Å². The lowest BCUT2D eigenvalue weighted by molar-refractivity contribution is 0.464. The zero-order chi connectivity index (χ0) is 15.9. The molecule has 4 nitrogen and oxygen atoms in total. The van der Waals surface area contributed by atoms with Crippen molar-refractivity contribution < 1.29 is 0 Å². The molecule has 0 aliphatic carbocycles. The Balaban J connectivity index is 2.71. The molecular formula is C16H30N4S. The van der Waals surface area contributed by atoms with Crippen molar-refractivity contribution in [1.82, 2.24) is 15.2 Å². The van der Waals surface area contributed by atoms with Gasteiger partial charge >= 0.3 is 0 Å². The second-order valence-corrected chi connectivity index (χ2v) is 7.26. The van der Waals surface area contributed by atoms with E-state index < -0.39 is 0 Å². The minimum absolute atomic E-state index is 0.112. The van der Waals surface area contributed by atoms with E-state index in [1.807, 2.05) is 0 Å². The predicted octanol–water partition coefficient (Wildman–Crippen LogP) is 3.64. The van der Waals surface area contributed by atoms with Crippen molar-refractivity contribution in [3.8, 4) is 0 Å². The van der Waals surface area contributed by atoms with Crippen LogP contribution < -0.4 is 5.32 Å². The highest BCUT2D eigenvalue weighted by molar-refractivity contribution is 7.09. The third-order valence-electron chi connectivity index (χ3n) is 3.23. The first kappa shape index (κ1) is 18.0. The summed E-state index contributed by atoms with van der Waals surface area (Å²) in [5, 5.41) is 6.59. The van der Waals surface area contributed by atoms with Crippen molar-refractivity contribution in [2.24, 2.45) is 4.99 Å². The molecule has 1 aromatic rings. The average Bonchev–Trinajstić information content (AvgIpc) is 2.89. The maximum Gasteiger partial charge on any atom is 0.194 e. The van der Waals surface area contributed by atoms with Gasteiger partial charge in [-0.3, -0.25) is 0 Å². The molecule has 0 unspecified atom stereocenters. The molecule has 0 atom stereocenters. The molecule has 0 saturated heterocycles. The molecule has 21 heavy (non-hydrogen) atoms. The van der Waals surface area contributed by atoms with Gasteiger partial charge in [-0.25, -0.2) is 9.98 Å². The Morgan fingerprint density at radius 3 is 2.62 bits per heavy atom.